The number of methoxy groups -OCH3 is 1. The first kappa shape index (κ1) is 20.3. The summed E-state index contributed by atoms with van der Waals surface area (Å²) >= 11 is 0. The quantitative estimate of drug-likeness (QED) is 0.436. The van der Waals surface area contributed by atoms with Crippen molar-refractivity contribution in [3.05, 3.63) is 57.9 Å². The van der Waals surface area contributed by atoms with Crippen LogP contribution in [-0.4, -0.2) is 53.9 Å². The summed E-state index contributed by atoms with van der Waals surface area (Å²) in [5, 5.41) is 0. The molecule has 8 heteroatoms. The summed E-state index contributed by atoms with van der Waals surface area (Å²) in [5.41, 5.74) is 2.39. The molecule has 1 N–H and O–H groups in total. The SMILES string of the molecule is CCc1[nH]c(C(=O)OCCCN2C(=O)c3ccccc3C2=O)c(C)c1C(=O)OC. The van der Waals surface area contributed by atoms with Crippen LogP contribution in [0.15, 0.2) is 24.3 Å². The molecule has 29 heavy (non-hydrogen) atoms. The highest BCUT2D eigenvalue weighted by molar-refractivity contribution is 6.21. The Morgan fingerprint density at radius 1 is 1.07 bits per heavy atom. The number of ether oxygens (including phenoxy) is 2. The van der Waals surface area contributed by atoms with E-state index in [1.165, 1.54) is 7.11 Å². The summed E-state index contributed by atoms with van der Waals surface area (Å²) < 4.78 is 10.0. The Morgan fingerprint density at radius 2 is 1.69 bits per heavy atom. The van der Waals surface area contributed by atoms with Gasteiger partial charge in [0.1, 0.15) is 5.69 Å². The van der Waals surface area contributed by atoms with E-state index in [4.69, 9.17) is 9.47 Å². The largest absolute Gasteiger partial charge is 0.465 e. The molecular weight excluding hydrogens is 376 g/mol. The number of carbonyl (C=O) groups excluding carboxylic acids is 4. The highest BCUT2D eigenvalue weighted by Crippen LogP contribution is 2.23. The molecule has 0 saturated heterocycles. The number of esters is 2. The zero-order valence-corrected chi connectivity index (χ0v) is 16.5. The number of carbonyl (C=O) groups is 4. The van der Waals surface area contributed by atoms with E-state index < -0.39 is 11.9 Å². The molecule has 2 aromatic rings. The third-order valence-electron chi connectivity index (χ3n) is 4.91. The number of rotatable bonds is 7. The molecule has 3 rings (SSSR count). The molecule has 0 atom stereocenters. The molecule has 1 aromatic heterocycles. The first-order valence-corrected chi connectivity index (χ1v) is 9.32. The Balaban J connectivity index is 1.59. The van der Waals surface area contributed by atoms with Crippen LogP contribution in [0.4, 0.5) is 0 Å². The average molecular weight is 398 g/mol. The van der Waals surface area contributed by atoms with E-state index in [1.54, 1.807) is 31.2 Å². The fourth-order valence-electron chi connectivity index (χ4n) is 3.41. The van der Waals surface area contributed by atoms with Crippen molar-refractivity contribution in [2.75, 3.05) is 20.3 Å². The van der Waals surface area contributed by atoms with Crippen LogP contribution < -0.4 is 0 Å². The number of imide groups is 1. The van der Waals surface area contributed by atoms with Crippen molar-refractivity contribution in [1.29, 1.82) is 0 Å². The van der Waals surface area contributed by atoms with Crippen molar-refractivity contribution in [1.82, 2.24) is 9.88 Å². The number of amides is 2. The van der Waals surface area contributed by atoms with Crippen LogP contribution in [0.3, 0.4) is 0 Å². The fraction of sp³-hybridized carbons (Fsp3) is 0.333. The number of benzene rings is 1. The highest BCUT2D eigenvalue weighted by Gasteiger charge is 2.34. The zero-order chi connectivity index (χ0) is 21.1. The van der Waals surface area contributed by atoms with E-state index in [9.17, 15) is 19.2 Å². The van der Waals surface area contributed by atoms with Crippen molar-refractivity contribution in [3.63, 3.8) is 0 Å². The first-order valence-electron chi connectivity index (χ1n) is 9.32. The fourth-order valence-corrected chi connectivity index (χ4v) is 3.41. The van der Waals surface area contributed by atoms with Crippen molar-refractivity contribution in [2.45, 2.75) is 26.7 Å². The second kappa shape index (κ2) is 8.30. The lowest BCUT2D eigenvalue weighted by molar-refractivity contribution is 0.0475. The van der Waals surface area contributed by atoms with E-state index in [0.717, 1.165) is 4.90 Å². The van der Waals surface area contributed by atoms with Crippen LogP contribution in [-0.2, 0) is 15.9 Å². The van der Waals surface area contributed by atoms with Gasteiger partial charge in [-0.1, -0.05) is 19.1 Å². The van der Waals surface area contributed by atoms with Crippen molar-refractivity contribution < 1.29 is 28.7 Å². The lowest BCUT2D eigenvalue weighted by Crippen LogP contribution is -2.31. The van der Waals surface area contributed by atoms with E-state index >= 15 is 0 Å². The van der Waals surface area contributed by atoms with Gasteiger partial charge in [-0.25, -0.2) is 9.59 Å². The van der Waals surface area contributed by atoms with E-state index in [0.29, 0.717) is 40.8 Å². The molecule has 1 aliphatic heterocycles. The van der Waals surface area contributed by atoms with Crippen LogP contribution in [0.1, 0.15) is 66.2 Å². The van der Waals surface area contributed by atoms with Crippen LogP contribution in [0, 0.1) is 6.92 Å². The van der Waals surface area contributed by atoms with Gasteiger partial charge in [0, 0.05) is 12.2 Å². The summed E-state index contributed by atoms with van der Waals surface area (Å²) in [6.07, 6.45) is 0.833. The van der Waals surface area contributed by atoms with Crippen LogP contribution in [0.2, 0.25) is 0 Å². The van der Waals surface area contributed by atoms with Crippen molar-refractivity contribution in [3.8, 4) is 0 Å². The summed E-state index contributed by atoms with van der Waals surface area (Å²) in [4.78, 5) is 53.1. The molecular formula is C21H22N2O6. The van der Waals surface area contributed by atoms with E-state index in [1.807, 2.05) is 6.92 Å². The van der Waals surface area contributed by atoms with Crippen molar-refractivity contribution >= 4 is 23.8 Å². The van der Waals surface area contributed by atoms with Gasteiger partial charge in [0.05, 0.1) is 30.4 Å². The predicted molar refractivity (Wildman–Crippen MR) is 103 cm³/mol. The molecule has 0 bridgehead atoms. The molecule has 0 spiro atoms. The van der Waals surface area contributed by atoms with Gasteiger partial charge in [-0.3, -0.25) is 14.5 Å². The lowest BCUT2D eigenvalue weighted by atomic mass is 10.1. The number of fused-ring (bicyclic) bond motifs is 1. The molecule has 8 nitrogen and oxygen atoms in total. The maximum atomic E-state index is 12.4. The lowest BCUT2D eigenvalue weighted by Gasteiger charge is -2.13. The maximum Gasteiger partial charge on any atom is 0.355 e. The van der Waals surface area contributed by atoms with Gasteiger partial charge >= 0.3 is 11.9 Å². The highest BCUT2D eigenvalue weighted by atomic mass is 16.5. The van der Waals surface area contributed by atoms with Crippen LogP contribution in [0.25, 0.3) is 0 Å². The number of hydrogen-bond donors (Lipinski definition) is 1. The Morgan fingerprint density at radius 3 is 2.24 bits per heavy atom. The summed E-state index contributed by atoms with van der Waals surface area (Å²) in [5.74, 6) is -1.80. The second-order valence-electron chi connectivity index (χ2n) is 6.62. The number of aromatic nitrogens is 1. The predicted octanol–water partition coefficient (Wildman–Crippen LogP) is 2.52. The molecule has 0 saturated carbocycles. The molecule has 0 radical (unpaired) electrons. The molecule has 1 aromatic carbocycles. The Labute approximate surface area is 167 Å². The number of H-pyrrole nitrogens is 1. The number of nitrogens with zero attached hydrogens (tertiary/aromatic N) is 1. The summed E-state index contributed by atoms with van der Waals surface area (Å²) in [7, 11) is 1.28. The normalized spacial score (nSPS) is 12.9. The Kier molecular flexibility index (Phi) is 5.81. The van der Waals surface area contributed by atoms with Crippen molar-refractivity contribution in [2.24, 2.45) is 0 Å². The van der Waals surface area contributed by atoms with E-state index in [-0.39, 0.29) is 30.7 Å². The van der Waals surface area contributed by atoms with Gasteiger partial charge in [-0.15, -0.1) is 0 Å². The zero-order valence-electron chi connectivity index (χ0n) is 16.5. The number of hydrogen-bond acceptors (Lipinski definition) is 6. The molecule has 0 aliphatic carbocycles. The third-order valence-corrected chi connectivity index (χ3v) is 4.91. The number of aryl methyl sites for hydroxylation is 1. The van der Waals surface area contributed by atoms with Gasteiger partial charge < -0.3 is 14.5 Å². The second-order valence-corrected chi connectivity index (χ2v) is 6.62. The average Bonchev–Trinajstić information content (AvgIpc) is 3.19. The minimum Gasteiger partial charge on any atom is -0.465 e. The summed E-state index contributed by atoms with van der Waals surface area (Å²) in [6.45, 7) is 3.68. The minimum atomic E-state index is -0.602. The standard InChI is InChI=1S/C21H22N2O6/c1-4-15-16(20(26)28-3)12(2)17(22-15)21(27)29-11-7-10-23-18(24)13-8-5-6-9-14(13)19(23)25/h5-6,8-9,22H,4,7,10-11H2,1-3H3. The first-order chi connectivity index (χ1) is 13.9. The van der Waals surface area contributed by atoms with E-state index in [2.05, 4.69) is 4.98 Å². The molecule has 152 valence electrons. The van der Waals surface area contributed by atoms with Crippen LogP contribution >= 0.6 is 0 Å². The molecule has 1 aliphatic rings. The molecule has 0 fully saturated rings. The molecule has 2 heterocycles. The van der Waals surface area contributed by atoms with Gasteiger partial charge in [0.2, 0.25) is 0 Å². The Hall–Kier alpha value is -3.42. The van der Waals surface area contributed by atoms with Gasteiger partial charge in [0.25, 0.3) is 11.8 Å². The third kappa shape index (κ3) is 3.65. The maximum absolute atomic E-state index is 12.4. The van der Waals surface area contributed by atoms with Gasteiger partial charge in [-0.05, 0) is 37.5 Å². The molecule has 2 amide bonds. The molecule has 0 unspecified atom stereocenters. The van der Waals surface area contributed by atoms with Gasteiger partial charge in [0.15, 0.2) is 0 Å². The number of nitrogens with one attached hydrogen (secondary N) is 1. The van der Waals surface area contributed by atoms with Gasteiger partial charge in [-0.2, -0.15) is 0 Å². The number of aromatic amines is 1. The Bertz CT molecular complexity index is 956. The van der Waals surface area contributed by atoms with Crippen LogP contribution in [0.5, 0.6) is 0 Å². The smallest absolute Gasteiger partial charge is 0.355 e. The monoisotopic (exact) mass is 398 g/mol. The minimum absolute atomic E-state index is 0.0275. The summed E-state index contributed by atoms with van der Waals surface area (Å²) in [6, 6.07) is 6.66. The topological polar surface area (TPSA) is 106 Å².